The highest BCUT2D eigenvalue weighted by Gasteiger charge is 2.11. The number of para-hydroxylation sites is 1. The number of benzene rings is 2. The largest absolute Gasteiger partial charge is 0.507 e. The third-order valence-electron chi connectivity index (χ3n) is 2.21. The lowest BCUT2D eigenvalue weighted by Crippen LogP contribution is -1.89. The van der Waals surface area contributed by atoms with E-state index >= 15 is 0 Å². The van der Waals surface area contributed by atoms with Crippen molar-refractivity contribution in [1.29, 1.82) is 0 Å². The zero-order chi connectivity index (χ0) is 13.1. The average molecular weight is 373 g/mol. The number of nitro groups is 1. The summed E-state index contributed by atoms with van der Waals surface area (Å²) in [5, 5.41) is 20.3. The lowest BCUT2D eigenvalue weighted by Gasteiger charge is -2.05. The Morgan fingerprint density at radius 3 is 2.50 bits per heavy atom. The van der Waals surface area contributed by atoms with E-state index in [1.165, 1.54) is 23.9 Å². The first-order chi connectivity index (χ1) is 8.58. The Balaban J connectivity index is 2.30. The molecule has 1 N–H and O–H groups in total. The van der Waals surface area contributed by atoms with E-state index in [0.29, 0.717) is 0 Å². The molecule has 0 amide bonds. The molecule has 0 atom stereocenters. The Morgan fingerprint density at radius 1 is 1.17 bits per heavy atom. The van der Waals surface area contributed by atoms with Crippen LogP contribution in [0.5, 0.6) is 5.75 Å². The van der Waals surface area contributed by atoms with Crippen molar-refractivity contribution in [2.45, 2.75) is 9.79 Å². The normalized spacial score (nSPS) is 10.3. The zero-order valence-electron chi connectivity index (χ0n) is 9.04. The van der Waals surface area contributed by atoms with E-state index in [2.05, 4.69) is 22.6 Å². The molecule has 0 bridgehead atoms. The van der Waals surface area contributed by atoms with Crippen molar-refractivity contribution in [2.24, 2.45) is 0 Å². The summed E-state index contributed by atoms with van der Waals surface area (Å²) in [7, 11) is 0. The van der Waals surface area contributed by atoms with Crippen molar-refractivity contribution < 1.29 is 10.0 Å². The number of halogens is 1. The third-order valence-corrected chi connectivity index (χ3v) is 4.61. The van der Waals surface area contributed by atoms with Crippen LogP contribution >= 0.6 is 34.4 Å². The first-order valence-corrected chi connectivity index (χ1v) is 6.87. The summed E-state index contributed by atoms with van der Waals surface area (Å²) in [5.74, 6) is 0.205. The minimum Gasteiger partial charge on any atom is -0.507 e. The van der Waals surface area contributed by atoms with Gasteiger partial charge in [-0.15, -0.1) is 0 Å². The van der Waals surface area contributed by atoms with E-state index in [-0.39, 0.29) is 11.4 Å². The first-order valence-electron chi connectivity index (χ1n) is 4.97. The van der Waals surface area contributed by atoms with E-state index in [4.69, 9.17) is 0 Å². The van der Waals surface area contributed by atoms with Gasteiger partial charge < -0.3 is 5.11 Å². The molecule has 0 heterocycles. The Kier molecular flexibility index (Phi) is 4.07. The lowest BCUT2D eigenvalue weighted by atomic mass is 10.3. The van der Waals surface area contributed by atoms with Gasteiger partial charge in [-0.25, -0.2) is 0 Å². The number of nitro benzene ring substituents is 1. The molecule has 0 aliphatic carbocycles. The fraction of sp³-hybridized carbons (Fsp3) is 0. The highest BCUT2D eigenvalue weighted by atomic mass is 127. The molecule has 0 fully saturated rings. The van der Waals surface area contributed by atoms with Crippen molar-refractivity contribution in [2.75, 3.05) is 0 Å². The van der Waals surface area contributed by atoms with Gasteiger partial charge in [0.25, 0.3) is 5.69 Å². The highest BCUT2D eigenvalue weighted by Crippen LogP contribution is 2.37. The van der Waals surface area contributed by atoms with Crippen LogP contribution in [0.15, 0.2) is 52.3 Å². The molecule has 6 heteroatoms. The van der Waals surface area contributed by atoms with Gasteiger partial charge in [-0.05, 0) is 40.8 Å². The Morgan fingerprint density at radius 2 is 1.89 bits per heavy atom. The van der Waals surface area contributed by atoms with Gasteiger partial charge in [-0.2, -0.15) is 0 Å². The molecule has 0 saturated carbocycles. The number of phenols is 1. The quantitative estimate of drug-likeness (QED) is 0.501. The molecule has 0 aromatic heterocycles. The van der Waals surface area contributed by atoms with Gasteiger partial charge in [0, 0.05) is 20.6 Å². The van der Waals surface area contributed by atoms with E-state index < -0.39 is 4.92 Å². The Hall–Kier alpha value is -1.28. The third kappa shape index (κ3) is 2.94. The van der Waals surface area contributed by atoms with Crippen LogP contribution in [0.1, 0.15) is 0 Å². The molecule has 2 aromatic rings. The smallest absolute Gasteiger partial charge is 0.270 e. The van der Waals surface area contributed by atoms with Crippen LogP contribution in [0.2, 0.25) is 0 Å². The van der Waals surface area contributed by atoms with Gasteiger partial charge in [0.1, 0.15) is 5.75 Å². The predicted octanol–water partition coefficient (Wildman–Crippen LogP) is 4.06. The summed E-state index contributed by atoms with van der Waals surface area (Å²) in [6, 6.07) is 11.7. The first kappa shape index (κ1) is 13.2. The summed E-state index contributed by atoms with van der Waals surface area (Å²) >= 11 is 3.43. The Labute approximate surface area is 121 Å². The summed E-state index contributed by atoms with van der Waals surface area (Å²) in [6.45, 7) is 0. The maximum atomic E-state index is 10.6. The molecule has 0 aliphatic rings. The van der Waals surface area contributed by atoms with Gasteiger partial charge in [-0.1, -0.05) is 23.9 Å². The van der Waals surface area contributed by atoms with Gasteiger partial charge >= 0.3 is 0 Å². The highest BCUT2D eigenvalue weighted by molar-refractivity contribution is 14.1. The van der Waals surface area contributed by atoms with E-state index in [1.54, 1.807) is 24.3 Å². The SMILES string of the molecule is O=[N+]([O-])c1ccc(Sc2ccccc2O)c(I)c1. The van der Waals surface area contributed by atoms with E-state index in [0.717, 1.165) is 13.4 Å². The molecule has 92 valence electrons. The molecule has 2 aromatic carbocycles. The standard InChI is InChI=1S/C12H8INO3S/c13-9-7-8(14(16)17)5-6-11(9)18-12-4-2-1-3-10(12)15/h1-7,15H. The lowest BCUT2D eigenvalue weighted by molar-refractivity contribution is -0.385. The fourth-order valence-corrected chi connectivity index (χ4v) is 3.03. The molecule has 4 nitrogen and oxygen atoms in total. The molecule has 0 aliphatic heterocycles. The summed E-state index contributed by atoms with van der Waals surface area (Å²) in [5.41, 5.74) is 0.0704. The van der Waals surface area contributed by atoms with Crippen LogP contribution in [0.3, 0.4) is 0 Å². The maximum Gasteiger partial charge on any atom is 0.270 e. The monoisotopic (exact) mass is 373 g/mol. The number of non-ortho nitro benzene ring substituents is 1. The van der Waals surface area contributed by atoms with Crippen LogP contribution in [0, 0.1) is 13.7 Å². The summed E-state index contributed by atoms with van der Waals surface area (Å²) in [6.07, 6.45) is 0. The summed E-state index contributed by atoms with van der Waals surface area (Å²) < 4.78 is 0.787. The molecule has 0 saturated heterocycles. The number of aromatic hydroxyl groups is 1. The second-order valence-corrected chi connectivity index (χ2v) is 5.69. The van der Waals surface area contributed by atoms with E-state index in [9.17, 15) is 15.2 Å². The van der Waals surface area contributed by atoms with Crippen LogP contribution < -0.4 is 0 Å². The Bertz CT molecular complexity index is 604. The zero-order valence-corrected chi connectivity index (χ0v) is 12.0. The second kappa shape index (κ2) is 5.57. The molecular formula is C12H8INO3S. The molecular weight excluding hydrogens is 365 g/mol. The fourth-order valence-electron chi connectivity index (χ4n) is 1.35. The number of hydrogen-bond acceptors (Lipinski definition) is 4. The van der Waals surface area contributed by atoms with Gasteiger partial charge in [0.15, 0.2) is 0 Å². The average Bonchev–Trinajstić information content (AvgIpc) is 2.34. The maximum absolute atomic E-state index is 10.6. The van der Waals surface area contributed by atoms with Gasteiger partial charge in [0.05, 0.1) is 9.82 Å². The number of hydrogen-bond donors (Lipinski definition) is 1. The van der Waals surface area contributed by atoms with E-state index in [1.807, 2.05) is 6.07 Å². The molecule has 18 heavy (non-hydrogen) atoms. The molecule has 0 unspecified atom stereocenters. The molecule has 0 radical (unpaired) electrons. The van der Waals surface area contributed by atoms with Gasteiger partial charge in [0.2, 0.25) is 0 Å². The number of nitrogens with zero attached hydrogens (tertiary/aromatic N) is 1. The van der Waals surface area contributed by atoms with Gasteiger partial charge in [-0.3, -0.25) is 10.1 Å². The number of phenolic OH excluding ortho intramolecular Hbond substituents is 1. The topological polar surface area (TPSA) is 63.4 Å². The van der Waals surface area contributed by atoms with Crippen molar-refractivity contribution in [3.63, 3.8) is 0 Å². The predicted molar refractivity (Wildman–Crippen MR) is 78.0 cm³/mol. The van der Waals surface area contributed by atoms with Crippen molar-refractivity contribution in [3.8, 4) is 5.75 Å². The molecule has 0 spiro atoms. The minimum absolute atomic E-state index is 0.0704. The minimum atomic E-state index is -0.420. The van der Waals surface area contributed by atoms with Crippen LogP contribution in [0.4, 0.5) is 5.69 Å². The van der Waals surface area contributed by atoms with Crippen LogP contribution in [-0.4, -0.2) is 10.0 Å². The number of rotatable bonds is 3. The van der Waals surface area contributed by atoms with Crippen LogP contribution in [0.25, 0.3) is 0 Å². The van der Waals surface area contributed by atoms with Crippen molar-refractivity contribution >= 4 is 40.0 Å². The van der Waals surface area contributed by atoms with Crippen LogP contribution in [-0.2, 0) is 0 Å². The van der Waals surface area contributed by atoms with Crippen molar-refractivity contribution in [1.82, 2.24) is 0 Å². The van der Waals surface area contributed by atoms with Crippen molar-refractivity contribution in [3.05, 3.63) is 56.1 Å². The second-order valence-electron chi connectivity index (χ2n) is 3.44. The summed E-state index contributed by atoms with van der Waals surface area (Å²) in [4.78, 5) is 11.8. The molecule has 2 rings (SSSR count).